The summed E-state index contributed by atoms with van der Waals surface area (Å²) in [5, 5.41) is -0.356. The molecule has 0 spiro atoms. The van der Waals surface area contributed by atoms with E-state index >= 15 is 0 Å². The molecule has 1 aromatic rings. The second-order valence-corrected chi connectivity index (χ2v) is 10.2. The Hall–Kier alpha value is -1.17. The molecule has 1 aliphatic heterocycles. The van der Waals surface area contributed by atoms with E-state index in [-0.39, 0.29) is 36.3 Å². The Morgan fingerprint density at radius 3 is 1.76 bits per heavy atom. The molecule has 0 bridgehead atoms. The Morgan fingerprint density at radius 2 is 1.32 bits per heavy atom. The number of halogens is 3. The molecule has 3 rings (SSSR count). The molecular formula is C14H17F3N2O4S2. The molecular weight excluding hydrogens is 381 g/mol. The molecule has 140 valence electrons. The lowest BCUT2D eigenvalue weighted by Gasteiger charge is -2.33. The largest absolute Gasteiger partial charge is 0.416 e. The van der Waals surface area contributed by atoms with Crippen LogP contribution in [0.5, 0.6) is 0 Å². The Morgan fingerprint density at radius 1 is 0.840 bits per heavy atom. The Balaban J connectivity index is 1.71. The monoisotopic (exact) mass is 398 g/mol. The van der Waals surface area contributed by atoms with Crippen LogP contribution in [0, 0.1) is 0 Å². The third kappa shape index (κ3) is 3.69. The first-order valence-corrected chi connectivity index (χ1v) is 10.6. The van der Waals surface area contributed by atoms with Gasteiger partial charge < -0.3 is 0 Å². The minimum absolute atomic E-state index is 0.0185. The predicted molar refractivity (Wildman–Crippen MR) is 83.7 cm³/mol. The Labute approximate surface area is 144 Å². The molecule has 1 aliphatic carbocycles. The van der Waals surface area contributed by atoms with E-state index in [1.54, 1.807) is 0 Å². The van der Waals surface area contributed by atoms with E-state index in [0.717, 1.165) is 28.6 Å². The van der Waals surface area contributed by atoms with E-state index in [1.165, 1.54) is 4.31 Å². The number of hydrogen-bond acceptors (Lipinski definition) is 4. The van der Waals surface area contributed by atoms with Crippen molar-refractivity contribution in [2.24, 2.45) is 0 Å². The van der Waals surface area contributed by atoms with Crippen molar-refractivity contribution in [2.75, 3.05) is 26.2 Å². The fourth-order valence-electron chi connectivity index (χ4n) is 2.71. The molecule has 0 aromatic heterocycles. The topological polar surface area (TPSA) is 74.8 Å². The summed E-state index contributed by atoms with van der Waals surface area (Å²) in [7, 11) is -7.31. The predicted octanol–water partition coefficient (Wildman–Crippen LogP) is 1.50. The van der Waals surface area contributed by atoms with Gasteiger partial charge in [-0.1, -0.05) is 0 Å². The van der Waals surface area contributed by atoms with E-state index < -0.39 is 31.8 Å². The third-order valence-electron chi connectivity index (χ3n) is 4.32. The normalized spacial score (nSPS) is 21.4. The summed E-state index contributed by atoms with van der Waals surface area (Å²) in [4.78, 5) is -0.237. The van der Waals surface area contributed by atoms with Crippen LogP contribution in [0.25, 0.3) is 0 Å². The van der Waals surface area contributed by atoms with Gasteiger partial charge in [0.2, 0.25) is 20.0 Å². The highest BCUT2D eigenvalue weighted by atomic mass is 32.2. The smallest absolute Gasteiger partial charge is 0.212 e. The van der Waals surface area contributed by atoms with Crippen molar-refractivity contribution >= 4 is 20.0 Å². The van der Waals surface area contributed by atoms with E-state index in [2.05, 4.69) is 0 Å². The van der Waals surface area contributed by atoms with Crippen LogP contribution in [0.2, 0.25) is 0 Å². The van der Waals surface area contributed by atoms with Gasteiger partial charge in [-0.05, 0) is 37.1 Å². The lowest BCUT2D eigenvalue weighted by molar-refractivity contribution is -0.137. The zero-order valence-corrected chi connectivity index (χ0v) is 14.7. The van der Waals surface area contributed by atoms with Crippen LogP contribution in [0.15, 0.2) is 29.2 Å². The van der Waals surface area contributed by atoms with Crippen molar-refractivity contribution in [3.05, 3.63) is 29.8 Å². The number of benzene rings is 1. The van der Waals surface area contributed by atoms with Gasteiger partial charge in [0.05, 0.1) is 15.7 Å². The number of alkyl halides is 3. The number of sulfonamides is 2. The highest BCUT2D eigenvalue weighted by Gasteiger charge is 2.42. The molecule has 0 amide bonds. The molecule has 1 saturated carbocycles. The molecule has 25 heavy (non-hydrogen) atoms. The molecule has 1 aromatic carbocycles. The molecule has 6 nitrogen and oxygen atoms in total. The molecule has 11 heteroatoms. The van der Waals surface area contributed by atoms with Gasteiger partial charge in [0.1, 0.15) is 0 Å². The SMILES string of the molecule is O=S(=O)(c1ccc(C(F)(F)F)cc1)N1CCN(S(=O)(=O)C2CC2)CC1. The average Bonchev–Trinajstić information content (AvgIpc) is 3.40. The van der Waals surface area contributed by atoms with Gasteiger partial charge in [0.25, 0.3) is 0 Å². The summed E-state index contributed by atoms with van der Waals surface area (Å²) in [6.07, 6.45) is -3.27. The first-order chi connectivity index (χ1) is 11.5. The minimum atomic E-state index is -4.54. The van der Waals surface area contributed by atoms with Crippen molar-refractivity contribution in [3.8, 4) is 0 Å². The van der Waals surface area contributed by atoms with Crippen molar-refractivity contribution in [1.29, 1.82) is 0 Å². The zero-order chi connectivity index (χ0) is 18.5. The molecule has 2 fully saturated rings. The molecule has 2 aliphatic rings. The highest BCUT2D eigenvalue weighted by Crippen LogP contribution is 2.32. The summed E-state index contributed by atoms with van der Waals surface area (Å²) in [5.74, 6) is 0. The van der Waals surface area contributed by atoms with Crippen molar-refractivity contribution in [1.82, 2.24) is 8.61 Å². The fraction of sp³-hybridized carbons (Fsp3) is 0.571. The molecule has 0 atom stereocenters. The second kappa shape index (κ2) is 6.22. The average molecular weight is 398 g/mol. The quantitative estimate of drug-likeness (QED) is 0.771. The fourth-order valence-corrected chi connectivity index (χ4v) is 5.95. The zero-order valence-electron chi connectivity index (χ0n) is 13.1. The summed E-state index contributed by atoms with van der Waals surface area (Å²) in [6, 6.07) is 3.29. The van der Waals surface area contributed by atoms with E-state index in [9.17, 15) is 30.0 Å². The number of hydrogen-bond donors (Lipinski definition) is 0. The maximum absolute atomic E-state index is 12.6. The van der Waals surface area contributed by atoms with E-state index in [1.807, 2.05) is 0 Å². The molecule has 0 radical (unpaired) electrons. The van der Waals surface area contributed by atoms with Crippen molar-refractivity contribution in [3.63, 3.8) is 0 Å². The summed E-state index contributed by atoms with van der Waals surface area (Å²) in [5.41, 5.74) is -0.924. The number of nitrogens with zero attached hydrogens (tertiary/aromatic N) is 2. The van der Waals surface area contributed by atoms with Gasteiger partial charge in [0, 0.05) is 26.2 Å². The first-order valence-electron chi connectivity index (χ1n) is 7.69. The lowest BCUT2D eigenvalue weighted by Crippen LogP contribution is -2.51. The summed E-state index contributed by atoms with van der Waals surface area (Å²) < 4.78 is 89.5. The van der Waals surface area contributed by atoms with Gasteiger partial charge in [-0.3, -0.25) is 0 Å². The maximum atomic E-state index is 12.6. The molecule has 1 saturated heterocycles. The van der Waals surface area contributed by atoms with Gasteiger partial charge in [-0.15, -0.1) is 0 Å². The molecule has 0 unspecified atom stereocenters. The van der Waals surface area contributed by atoms with Crippen LogP contribution in [0.4, 0.5) is 13.2 Å². The van der Waals surface area contributed by atoms with E-state index in [4.69, 9.17) is 0 Å². The number of rotatable bonds is 4. The number of piperazine rings is 1. The van der Waals surface area contributed by atoms with Gasteiger partial charge in [-0.25, -0.2) is 16.8 Å². The second-order valence-electron chi connectivity index (χ2n) is 6.07. The van der Waals surface area contributed by atoms with Crippen LogP contribution >= 0.6 is 0 Å². The van der Waals surface area contributed by atoms with Crippen molar-refractivity contribution in [2.45, 2.75) is 29.2 Å². The highest BCUT2D eigenvalue weighted by molar-refractivity contribution is 7.90. The summed E-state index contributed by atoms with van der Waals surface area (Å²) >= 11 is 0. The minimum Gasteiger partial charge on any atom is -0.212 e. The van der Waals surface area contributed by atoms with Crippen LogP contribution in [0.1, 0.15) is 18.4 Å². The van der Waals surface area contributed by atoms with Crippen LogP contribution in [0.3, 0.4) is 0 Å². The van der Waals surface area contributed by atoms with Gasteiger partial charge in [0.15, 0.2) is 0 Å². The van der Waals surface area contributed by atoms with Gasteiger partial charge >= 0.3 is 6.18 Å². The first kappa shape index (κ1) is 18.6. The Kier molecular flexibility index (Phi) is 4.63. The van der Waals surface area contributed by atoms with Gasteiger partial charge in [-0.2, -0.15) is 21.8 Å². The summed E-state index contributed by atoms with van der Waals surface area (Å²) in [6.45, 7) is 0.0714. The Bertz CT molecular complexity index is 839. The van der Waals surface area contributed by atoms with E-state index in [0.29, 0.717) is 12.8 Å². The van der Waals surface area contributed by atoms with Crippen LogP contribution < -0.4 is 0 Å². The molecule has 0 N–H and O–H groups in total. The molecule has 1 heterocycles. The maximum Gasteiger partial charge on any atom is 0.416 e. The lowest BCUT2D eigenvalue weighted by atomic mass is 10.2. The van der Waals surface area contributed by atoms with Crippen LogP contribution in [-0.2, 0) is 26.2 Å². The van der Waals surface area contributed by atoms with Crippen molar-refractivity contribution < 1.29 is 30.0 Å². The standard InChI is InChI=1S/C14H17F3N2O4S2/c15-14(16,17)11-1-3-12(4-2-11)24(20,21)18-7-9-19(10-8-18)25(22,23)13-5-6-13/h1-4,13H,5-10H2. The third-order valence-corrected chi connectivity index (χ3v) is 8.63. The van der Waals surface area contributed by atoms with Crippen LogP contribution in [-0.4, -0.2) is 56.9 Å².